The van der Waals surface area contributed by atoms with Crippen molar-refractivity contribution in [3.8, 4) is 0 Å². The van der Waals surface area contributed by atoms with E-state index in [0.29, 0.717) is 10.7 Å². The molecule has 1 aromatic heterocycles. The largest absolute Gasteiger partial charge is 0.325 e. The number of nitrogens with zero attached hydrogens (tertiary/aromatic N) is 2. The Balaban J connectivity index is 1.87. The van der Waals surface area contributed by atoms with Gasteiger partial charge in [-0.25, -0.2) is 9.37 Å². The smallest absolute Gasteiger partial charge is 0.287 e. The number of thioether (sulfide) groups is 1. The Morgan fingerprint density at radius 3 is 2.81 bits per heavy atom. The van der Waals surface area contributed by atoms with Crippen LogP contribution in [-0.4, -0.2) is 21.6 Å². The van der Waals surface area contributed by atoms with Crippen LogP contribution in [-0.2, 0) is 4.79 Å². The number of benzene rings is 1. The van der Waals surface area contributed by atoms with Gasteiger partial charge in [-0.3, -0.25) is 14.9 Å². The van der Waals surface area contributed by atoms with Gasteiger partial charge in [0.2, 0.25) is 5.91 Å². The topological polar surface area (TPSA) is 85.1 Å². The standard InChI is InChI=1S/C13H10FN3O3S/c14-9-2-1-3-10(6-9)16-12(18)8-21-13-5-4-11(7-15-13)17(19)20/h1-7H,8H2,(H,16,18). The van der Waals surface area contributed by atoms with Gasteiger partial charge in [0.05, 0.1) is 15.7 Å². The molecule has 0 atom stereocenters. The zero-order chi connectivity index (χ0) is 15.2. The zero-order valence-electron chi connectivity index (χ0n) is 10.7. The van der Waals surface area contributed by atoms with Crippen LogP contribution in [0, 0.1) is 15.9 Å². The van der Waals surface area contributed by atoms with Gasteiger partial charge in [0, 0.05) is 11.8 Å². The van der Waals surface area contributed by atoms with E-state index in [-0.39, 0.29) is 17.3 Å². The van der Waals surface area contributed by atoms with Crippen molar-refractivity contribution in [2.24, 2.45) is 0 Å². The Labute approximate surface area is 123 Å². The van der Waals surface area contributed by atoms with Crippen LogP contribution in [0.3, 0.4) is 0 Å². The lowest BCUT2D eigenvalue weighted by Gasteiger charge is -2.04. The molecule has 0 aliphatic heterocycles. The summed E-state index contributed by atoms with van der Waals surface area (Å²) in [5, 5.41) is 13.5. The SMILES string of the molecule is O=C(CSc1ccc([N+](=O)[O-])cn1)Nc1cccc(F)c1. The Morgan fingerprint density at radius 2 is 2.19 bits per heavy atom. The molecule has 108 valence electrons. The highest BCUT2D eigenvalue weighted by molar-refractivity contribution is 7.99. The number of hydrogen-bond acceptors (Lipinski definition) is 5. The van der Waals surface area contributed by atoms with Gasteiger partial charge in [-0.1, -0.05) is 17.8 Å². The first-order valence-electron chi connectivity index (χ1n) is 5.83. The summed E-state index contributed by atoms with van der Waals surface area (Å²) in [5.74, 6) is -0.676. The molecule has 21 heavy (non-hydrogen) atoms. The number of pyridine rings is 1. The van der Waals surface area contributed by atoms with Crippen LogP contribution in [0.15, 0.2) is 47.6 Å². The molecule has 6 nitrogen and oxygen atoms in total. The van der Waals surface area contributed by atoms with Gasteiger partial charge >= 0.3 is 0 Å². The lowest BCUT2D eigenvalue weighted by Crippen LogP contribution is -2.14. The molecule has 0 saturated carbocycles. The molecule has 0 spiro atoms. The normalized spacial score (nSPS) is 10.1. The number of carbonyl (C=O) groups is 1. The number of carbonyl (C=O) groups excluding carboxylic acids is 1. The molecule has 0 aliphatic rings. The molecule has 0 radical (unpaired) electrons. The molecular weight excluding hydrogens is 297 g/mol. The Morgan fingerprint density at radius 1 is 1.38 bits per heavy atom. The highest BCUT2D eigenvalue weighted by Crippen LogP contribution is 2.18. The van der Waals surface area contributed by atoms with Crippen molar-refractivity contribution in [2.45, 2.75) is 5.03 Å². The molecule has 0 bridgehead atoms. The summed E-state index contributed by atoms with van der Waals surface area (Å²) in [4.78, 5) is 25.5. The quantitative estimate of drug-likeness (QED) is 0.521. The van der Waals surface area contributed by atoms with Crippen LogP contribution in [0.25, 0.3) is 0 Å². The van der Waals surface area contributed by atoms with Crippen LogP contribution < -0.4 is 5.32 Å². The molecule has 8 heteroatoms. The van der Waals surface area contributed by atoms with Crippen molar-refractivity contribution in [3.63, 3.8) is 0 Å². The molecule has 2 aromatic rings. The van der Waals surface area contributed by atoms with Crippen molar-refractivity contribution < 1.29 is 14.1 Å². The molecule has 1 heterocycles. The highest BCUT2D eigenvalue weighted by Gasteiger charge is 2.08. The third kappa shape index (κ3) is 4.53. The maximum absolute atomic E-state index is 12.9. The number of anilines is 1. The number of nitro groups is 1. The van der Waals surface area contributed by atoms with E-state index < -0.39 is 10.7 Å². The van der Waals surface area contributed by atoms with Crippen LogP contribution in [0.1, 0.15) is 0 Å². The highest BCUT2D eigenvalue weighted by atomic mass is 32.2. The number of halogens is 1. The maximum atomic E-state index is 12.9. The minimum absolute atomic E-state index is 0.0708. The minimum Gasteiger partial charge on any atom is -0.325 e. The van der Waals surface area contributed by atoms with Gasteiger partial charge < -0.3 is 5.32 Å². The third-order valence-electron chi connectivity index (χ3n) is 2.39. The second-order valence-electron chi connectivity index (χ2n) is 3.96. The zero-order valence-corrected chi connectivity index (χ0v) is 11.5. The second kappa shape index (κ2) is 6.80. The first-order chi connectivity index (χ1) is 10.0. The van der Waals surface area contributed by atoms with Crippen LogP contribution in [0.4, 0.5) is 15.8 Å². The summed E-state index contributed by atoms with van der Waals surface area (Å²) in [6.45, 7) is 0. The molecule has 0 fully saturated rings. The predicted octanol–water partition coefficient (Wildman–Crippen LogP) is 2.86. The molecular formula is C13H10FN3O3S. The number of aromatic nitrogens is 1. The van der Waals surface area contributed by atoms with Crippen LogP contribution >= 0.6 is 11.8 Å². The predicted molar refractivity (Wildman–Crippen MR) is 76.6 cm³/mol. The van der Waals surface area contributed by atoms with Crippen molar-refractivity contribution in [1.29, 1.82) is 0 Å². The molecule has 1 amide bonds. The van der Waals surface area contributed by atoms with Crippen molar-refractivity contribution in [2.75, 3.05) is 11.1 Å². The fourth-order valence-corrected chi connectivity index (χ4v) is 2.11. The van der Waals surface area contributed by atoms with Crippen molar-refractivity contribution >= 4 is 29.0 Å². The van der Waals surface area contributed by atoms with E-state index in [4.69, 9.17) is 0 Å². The fourth-order valence-electron chi connectivity index (χ4n) is 1.47. The van der Waals surface area contributed by atoms with E-state index in [2.05, 4.69) is 10.3 Å². The van der Waals surface area contributed by atoms with E-state index in [0.717, 1.165) is 18.0 Å². The van der Waals surface area contributed by atoms with Gasteiger partial charge in [0.15, 0.2) is 0 Å². The number of amides is 1. The summed E-state index contributed by atoms with van der Waals surface area (Å²) in [7, 11) is 0. The van der Waals surface area contributed by atoms with Gasteiger partial charge in [0.25, 0.3) is 5.69 Å². The van der Waals surface area contributed by atoms with Gasteiger partial charge in [0.1, 0.15) is 12.0 Å². The van der Waals surface area contributed by atoms with Crippen molar-refractivity contribution in [3.05, 3.63) is 58.5 Å². The van der Waals surface area contributed by atoms with E-state index in [1.165, 1.54) is 30.3 Å². The maximum Gasteiger partial charge on any atom is 0.287 e. The average Bonchev–Trinajstić information content (AvgIpc) is 2.45. The van der Waals surface area contributed by atoms with Gasteiger partial charge in [-0.2, -0.15) is 0 Å². The first kappa shape index (κ1) is 14.9. The lowest BCUT2D eigenvalue weighted by molar-refractivity contribution is -0.385. The number of hydrogen-bond donors (Lipinski definition) is 1. The summed E-state index contributed by atoms with van der Waals surface area (Å²) in [6, 6.07) is 8.36. The van der Waals surface area contributed by atoms with Gasteiger partial charge in [-0.15, -0.1) is 0 Å². The first-order valence-corrected chi connectivity index (χ1v) is 6.82. The lowest BCUT2D eigenvalue weighted by atomic mass is 10.3. The molecule has 0 aliphatic carbocycles. The van der Waals surface area contributed by atoms with Crippen LogP contribution in [0.5, 0.6) is 0 Å². The third-order valence-corrected chi connectivity index (χ3v) is 3.33. The van der Waals surface area contributed by atoms with E-state index >= 15 is 0 Å². The molecule has 1 aromatic carbocycles. The number of rotatable bonds is 5. The Hall–Kier alpha value is -2.48. The summed E-state index contributed by atoms with van der Waals surface area (Å²) in [5.41, 5.74) is 0.265. The molecule has 0 unspecified atom stereocenters. The van der Waals surface area contributed by atoms with E-state index in [1.807, 2.05) is 0 Å². The molecule has 1 N–H and O–H groups in total. The summed E-state index contributed by atoms with van der Waals surface area (Å²) in [6.07, 6.45) is 1.13. The molecule has 2 rings (SSSR count). The summed E-state index contributed by atoms with van der Waals surface area (Å²) < 4.78 is 12.9. The number of nitrogens with one attached hydrogen (secondary N) is 1. The minimum atomic E-state index is -0.544. The summed E-state index contributed by atoms with van der Waals surface area (Å²) >= 11 is 1.13. The van der Waals surface area contributed by atoms with E-state index in [9.17, 15) is 19.3 Å². The van der Waals surface area contributed by atoms with Gasteiger partial charge in [-0.05, 0) is 24.3 Å². The fraction of sp³-hybridized carbons (Fsp3) is 0.0769. The average molecular weight is 307 g/mol. The Kier molecular flexibility index (Phi) is 4.83. The monoisotopic (exact) mass is 307 g/mol. The van der Waals surface area contributed by atoms with Crippen LogP contribution in [0.2, 0.25) is 0 Å². The molecule has 0 saturated heterocycles. The van der Waals surface area contributed by atoms with Crippen molar-refractivity contribution in [1.82, 2.24) is 4.98 Å². The Bertz CT molecular complexity index is 664. The second-order valence-corrected chi connectivity index (χ2v) is 4.95. The van der Waals surface area contributed by atoms with E-state index in [1.54, 1.807) is 6.07 Å².